The van der Waals surface area contributed by atoms with Gasteiger partial charge in [-0.15, -0.1) is 4.91 Å². The van der Waals surface area contributed by atoms with Crippen molar-refractivity contribution in [1.29, 1.82) is 0 Å². The van der Waals surface area contributed by atoms with Crippen molar-refractivity contribution in [3.05, 3.63) is 17.1 Å². The molecule has 4 atom stereocenters. The Bertz CT molecular complexity index is 204. The summed E-state index contributed by atoms with van der Waals surface area (Å²) in [4.78, 5) is 9.94. The Labute approximate surface area is 64.8 Å². The molecule has 0 aromatic heterocycles. The third kappa shape index (κ3) is 0.860. The SMILES string of the molecule is NC1C2C=CC(C2)C1NN=O. The standard InChI is InChI=1S/C7H11N3O/c8-6-4-1-2-5(3-4)7(6)9-10-11/h1-2,4-7H,3,8H2,(H,9,11). The smallest absolute Gasteiger partial charge is 0.0691 e. The van der Waals surface area contributed by atoms with Gasteiger partial charge in [-0.25, -0.2) is 0 Å². The zero-order valence-electron chi connectivity index (χ0n) is 6.10. The van der Waals surface area contributed by atoms with Gasteiger partial charge < -0.3 is 5.73 Å². The van der Waals surface area contributed by atoms with Gasteiger partial charge in [0.15, 0.2) is 0 Å². The van der Waals surface area contributed by atoms with E-state index < -0.39 is 0 Å². The summed E-state index contributed by atoms with van der Waals surface area (Å²) in [7, 11) is 0. The van der Waals surface area contributed by atoms with Gasteiger partial charge in [0.25, 0.3) is 0 Å². The minimum Gasteiger partial charge on any atom is -0.325 e. The van der Waals surface area contributed by atoms with Crippen LogP contribution in [0, 0.1) is 16.7 Å². The summed E-state index contributed by atoms with van der Waals surface area (Å²) >= 11 is 0. The molecule has 0 radical (unpaired) electrons. The van der Waals surface area contributed by atoms with Crippen molar-refractivity contribution in [2.75, 3.05) is 0 Å². The van der Waals surface area contributed by atoms with E-state index in [1.54, 1.807) is 0 Å². The summed E-state index contributed by atoms with van der Waals surface area (Å²) in [5.74, 6) is 0.881. The van der Waals surface area contributed by atoms with Gasteiger partial charge in [0.1, 0.15) is 0 Å². The lowest BCUT2D eigenvalue weighted by Crippen LogP contribution is -2.45. The minimum atomic E-state index is 0.0718. The summed E-state index contributed by atoms with van der Waals surface area (Å²) in [5.41, 5.74) is 8.36. The highest BCUT2D eigenvalue weighted by Crippen LogP contribution is 2.38. The van der Waals surface area contributed by atoms with E-state index >= 15 is 0 Å². The van der Waals surface area contributed by atoms with Crippen LogP contribution in [0.15, 0.2) is 17.4 Å². The molecular formula is C7H11N3O. The fourth-order valence-corrected chi connectivity index (χ4v) is 2.10. The van der Waals surface area contributed by atoms with Crippen molar-refractivity contribution in [3.63, 3.8) is 0 Å². The fourth-order valence-electron chi connectivity index (χ4n) is 2.10. The van der Waals surface area contributed by atoms with E-state index in [1.807, 2.05) is 0 Å². The van der Waals surface area contributed by atoms with Crippen LogP contribution >= 0.6 is 0 Å². The van der Waals surface area contributed by atoms with E-state index in [-0.39, 0.29) is 12.1 Å². The number of hydrogen-bond donors (Lipinski definition) is 2. The third-order valence-corrected chi connectivity index (χ3v) is 2.72. The van der Waals surface area contributed by atoms with Crippen molar-refractivity contribution in [2.24, 2.45) is 22.9 Å². The first-order valence-electron chi connectivity index (χ1n) is 3.84. The summed E-state index contributed by atoms with van der Waals surface area (Å²) in [5, 5.41) is 2.67. The maximum Gasteiger partial charge on any atom is 0.0691 e. The summed E-state index contributed by atoms with van der Waals surface area (Å²) in [6.45, 7) is 0. The Balaban J connectivity index is 2.11. The second kappa shape index (κ2) is 2.30. The quantitative estimate of drug-likeness (QED) is 0.337. The average Bonchev–Trinajstić information content (AvgIpc) is 2.54. The lowest BCUT2D eigenvalue weighted by Gasteiger charge is -2.22. The number of fused-ring (bicyclic) bond motifs is 2. The molecule has 3 N–H and O–H groups in total. The van der Waals surface area contributed by atoms with Crippen LogP contribution in [0.25, 0.3) is 0 Å². The molecule has 2 bridgehead atoms. The van der Waals surface area contributed by atoms with E-state index in [4.69, 9.17) is 5.73 Å². The topological polar surface area (TPSA) is 67.5 Å². The number of nitrogens with two attached hydrogens (primary N) is 1. The van der Waals surface area contributed by atoms with Gasteiger partial charge in [-0.2, -0.15) is 0 Å². The van der Waals surface area contributed by atoms with Gasteiger partial charge in [0, 0.05) is 17.2 Å². The van der Waals surface area contributed by atoms with Crippen molar-refractivity contribution in [2.45, 2.75) is 18.5 Å². The molecule has 1 fully saturated rings. The van der Waals surface area contributed by atoms with Crippen molar-refractivity contribution < 1.29 is 0 Å². The molecule has 0 spiro atoms. The molecule has 4 heteroatoms. The van der Waals surface area contributed by atoms with Crippen LogP contribution in [0.4, 0.5) is 0 Å². The monoisotopic (exact) mass is 153 g/mol. The Morgan fingerprint density at radius 2 is 2.18 bits per heavy atom. The highest BCUT2D eigenvalue weighted by molar-refractivity contribution is 5.17. The van der Waals surface area contributed by atoms with Gasteiger partial charge in [-0.3, -0.25) is 5.43 Å². The largest absolute Gasteiger partial charge is 0.325 e. The molecule has 11 heavy (non-hydrogen) atoms. The van der Waals surface area contributed by atoms with Crippen LogP contribution in [0.5, 0.6) is 0 Å². The molecule has 4 nitrogen and oxygen atoms in total. The molecule has 4 unspecified atom stereocenters. The minimum absolute atomic E-state index is 0.0718. The first kappa shape index (κ1) is 6.79. The van der Waals surface area contributed by atoms with Crippen LogP contribution in [-0.2, 0) is 0 Å². The Morgan fingerprint density at radius 1 is 1.45 bits per heavy atom. The lowest BCUT2D eigenvalue weighted by molar-refractivity contribution is 0.414. The first-order valence-corrected chi connectivity index (χ1v) is 3.84. The predicted octanol–water partition coefficient (Wildman–Crippen LogP) is 0.159. The molecule has 1 saturated carbocycles. The van der Waals surface area contributed by atoms with Gasteiger partial charge >= 0.3 is 0 Å². The van der Waals surface area contributed by atoms with Gasteiger partial charge in [-0.1, -0.05) is 12.2 Å². The van der Waals surface area contributed by atoms with Crippen LogP contribution in [0.1, 0.15) is 6.42 Å². The van der Waals surface area contributed by atoms with Crippen LogP contribution in [0.2, 0.25) is 0 Å². The Morgan fingerprint density at radius 3 is 2.73 bits per heavy atom. The first-order chi connectivity index (χ1) is 5.33. The van der Waals surface area contributed by atoms with Crippen molar-refractivity contribution in [1.82, 2.24) is 5.43 Å². The second-order valence-corrected chi connectivity index (χ2v) is 3.27. The number of nitroso groups, excluding NO2 is 1. The third-order valence-electron chi connectivity index (χ3n) is 2.72. The number of nitrogens with zero attached hydrogens (tertiary/aromatic N) is 1. The number of hydrogen-bond acceptors (Lipinski definition) is 3. The molecule has 0 saturated heterocycles. The highest BCUT2D eigenvalue weighted by atomic mass is 16.3. The van der Waals surface area contributed by atoms with E-state index in [0.29, 0.717) is 11.8 Å². The molecular weight excluding hydrogens is 142 g/mol. The second-order valence-electron chi connectivity index (χ2n) is 3.27. The molecule has 0 aromatic carbocycles. The summed E-state index contributed by atoms with van der Waals surface area (Å²) < 4.78 is 0. The van der Waals surface area contributed by atoms with Crippen molar-refractivity contribution >= 4 is 0 Å². The molecule has 0 amide bonds. The zero-order valence-corrected chi connectivity index (χ0v) is 6.10. The molecule has 2 aliphatic carbocycles. The molecule has 0 aliphatic heterocycles. The molecule has 0 aromatic rings. The number of nitrogens with one attached hydrogen (secondary N) is 1. The van der Waals surface area contributed by atoms with Crippen LogP contribution < -0.4 is 11.2 Å². The molecule has 60 valence electrons. The van der Waals surface area contributed by atoms with Crippen LogP contribution in [-0.4, -0.2) is 12.1 Å². The Kier molecular flexibility index (Phi) is 1.42. The highest BCUT2D eigenvalue weighted by Gasteiger charge is 2.42. The fraction of sp³-hybridized carbons (Fsp3) is 0.714. The summed E-state index contributed by atoms with van der Waals surface area (Å²) in [6, 6.07) is 0.144. The average molecular weight is 153 g/mol. The van der Waals surface area contributed by atoms with E-state index in [0.717, 1.165) is 6.42 Å². The van der Waals surface area contributed by atoms with Gasteiger partial charge in [-0.05, 0) is 12.3 Å². The van der Waals surface area contributed by atoms with Crippen LogP contribution in [0.3, 0.4) is 0 Å². The van der Waals surface area contributed by atoms with E-state index in [2.05, 4.69) is 22.9 Å². The predicted molar refractivity (Wildman–Crippen MR) is 41.4 cm³/mol. The maximum absolute atomic E-state index is 9.94. The molecule has 0 heterocycles. The normalized spacial score (nSPS) is 46.3. The zero-order chi connectivity index (χ0) is 7.84. The number of rotatable bonds is 2. The summed E-state index contributed by atoms with van der Waals surface area (Å²) in [6.07, 6.45) is 5.34. The van der Waals surface area contributed by atoms with E-state index in [1.165, 1.54) is 0 Å². The van der Waals surface area contributed by atoms with E-state index in [9.17, 15) is 4.91 Å². The maximum atomic E-state index is 9.94. The van der Waals surface area contributed by atoms with Crippen molar-refractivity contribution in [3.8, 4) is 0 Å². The van der Waals surface area contributed by atoms with Gasteiger partial charge in [0.2, 0.25) is 0 Å². The molecule has 2 rings (SSSR count). The Hall–Kier alpha value is -0.900. The van der Waals surface area contributed by atoms with Gasteiger partial charge in [0.05, 0.1) is 6.04 Å². The lowest BCUT2D eigenvalue weighted by atomic mass is 9.98. The molecule has 2 aliphatic rings.